The number of rotatable bonds is 2. The van der Waals surface area contributed by atoms with Crippen LogP contribution in [-0.4, -0.2) is 0 Å². The molecule has 0 N–H and O–H groups in total. The van der Waals surface area contributed by atoms with Gasteiger partial charge in [0.2, 0.25) is 9.79 Å². The van der Waals surface area contributed by atoms with E-state index in [0.29, 0.717) is 5.92 Å². The van der Waals surface area contributed by atoms with Gasteiger partial charge in [0, 0.05) is 5.92 Å². The molecule has 0 unspecified atom stereocenters. The molecule has 0 radical (unpaired) electrons. The molecule has 0 saturated heterocycles. The van der Waals surface area contributed by atoms with Gasteiger partial charge in [-0.15, -0.1) is 0 Å². The lowest BCUT2D eigenvalue weighted by Gasteiger charge is -2.22. The molecule has 20 heavy (non-hydrogen) atoms. The molecule has 1 aliphatic heterocycles. The second-order valence-electron chi connectivity index (χ2n) is 5.15. The van der Waals surface area contributed by atoms with Crippen LogP contribution in [0.15, 0.2) is 69.3 Å². The molecular weight excluding hydrogens is 264 g/mol. The third kappa shape index (κ3) is 2.14. The highest BCUT2D eigenvalue weighted by molar-refractivity contribution is 8.00. The van der Waals surface area contributed by atoms with E-state index in [0.717, 1.165) is 11.5 Å². The van der Waals surface area contributed by atoms with Crippen molar-refractivity contribution in [2.75, 3.05) is 0 Å². The highest BCUT2D eigenvalue weighted by Gasteiger charge is 2.40. The van der Waals surface area contributed by atoms with E-state index in [9.17, 15) is 0 Å². The molecule has 0 fully saturated rings. The van der Waals surface area contributed by atoms with Crippen LogP contribution in [0.3, 0.4) is 0 Å². The molecule has 102 valence electrons. The fraction of sp³-hybridized carbons (Fsp3) is 0.222. The third-order valence-electron chi connectivity index (χ3n) is 3.45. The number of allylic oxidation sites excluding steroid dienone is 2. The van der Waals surface area contributed by atoms with Crippen molar-refractivity contribution in [1.82, 2.24) is 0 Å². The smallest absolute Gasteiger partial charge is 0.208 e. The van der Waals surface area contributed by atoms with Gasteiger partial charge in [0.25, 0.3) is 0 Å². The summed E-state index contributed by atoms with van der Waals surface area (Å²) in [6, 6.07) is 16.8. The first kappa shape index (κ1) is 13.3. The second kappa shape index (κ2) is 5.37. The van der Waals surface area contributed by atoms with Crippen LogP contribution in [0.4, 0.5) is 0 Å². The summed E-state index contributed by atoms with van der Waals surface area (Å²) in [7, 11) is -0.0263. The van der Waals surface area contributed by atoms with E-state index in [4.69, 9.17) is 4.74 Å². The first-order valence-electron chi connectivity index (χ1n) is 6.98. The van der Waals surface area contributed by atoms with Gasteiger partial charge in [-0.05, 0) is 37.3 Å². The summed E-state index contributed by atoms with van der Waals surface area (Å²) in [5.41, 5.74) is 0. The first-order valence-corrected chi connectivity index (χ1v) is 8.21. The van der Waals surface area contributed by atoms with Crippen LogP contribution in [0.2, 0.25) is 0 Å². The van der Waals surface area contributed by atoms with Crippen molar-refractivity contribution in [2.45, 2.75) is 30.6 Å². The Labute approximate surface area is 123 Å². The van der Waals surface area contributed by atoms with Gasteiger partial charge in [-0.25, -0.2) is 0 Å². The Morgan fingerprint density at radius 2 is 1.45 bits per heavy atom. The molecule has 2 heteroatoms. The van der Waals surface area contributed by atoms with Crippen LogP contribution in [0.1, 0.15) is 20.8 Å². The molecule has 0 spiro atoms. The zero-order valence-corrected chi connectivity index (χ0v) is 12.9. The number of hydrogen-bond donors (Lipinski definition) is 0. The molecule has 3 rings (SSSR count). The summed E-state index contributed by atoms with van der Waals surface area (Å²) in [4.78, 5) is 4.08. The minimum Gasteiger partial charge on any atom is -0.447 e. The molecule has 0 amide bonds. The number of para-hydroxylation sites is 2. The maximum atomic E-state index is 6.06. The Morgan fingerprint density at radius 1 is 0.950 bits per heavy atom. The van der Waals surface area contributed by atoms with Crippen molar-refractivity contribution in [1.29, 1.82) is 0 Å². The van der Waals surface area contributed by atoms with Crippen molar-refractivity contribution in [3.05, 3.63) is 59.5 Å². The average Bonchev–Trinajstić information content (AvgIpc) is 2.47. The number of ether oxygens (including phenoxy) is 1. The Hall–Kier alpha value is -1.67. The van der Waals surface area contributed by atoms with E-state index < -0.39 is 0 Å². The number of benzene rings is 2. The molecule has 1 nitrogen and oxygen atoms in total. The molecule has 2 aromatic rings. The van der Waals surface area contributed by atoms with Gasteiger partial charge in [0.05, 0.1) is 0 Å². The van der Waals surface area contributed by atoms with E-state index in [1.54, 1.807) is 0 Å². The summed E-state index contributed by atoms with van der Waals surface area (Å²) in [6.45, 7) is 6.68. The fourth-order valence-electron chi connectivity index (χ4n) is 2.58. The normalized spacial score (nSPS) is 14.7. The quantitative estimate of drug-likeness (QED) is 0.672. The molecule has 0 bridgehead atoms. The van der Waals surface area contributed by atoms with Gasteiger partial charge >= 0.3 is 0 Å². The lowest BCUT2D eigenvalue weighted by Crippen LogP contribution is -2.16. The lowest BCUT2D eigenvalue weighted by molar-refractivity contribution is 0.453. The molecule has 0 saturated carbocycles. The molecule has 1 aliphatic rings. The van der Waals surface area contributed by atoms with E-state index in [1.165, 1.54) is 14.7 Å². The largest absolute Gasteiger partial charge is 0.447 e. The van der Waals surface area contributed by atoms with Crippen LogP contribution in [-0.2, 0) is 10.9 Å². The predicted molar refractivity (Wildman–Crippen MR) is 85.5 cm³/mol. The predicted octanol–water partition coefficient (Wildman–Crippen LogP) is 5.39. The van der Waals surface area contributed by atoms with Gasteiger partial charge in [-0.1, -0.05) is 38.1 Å². The van der Waals surface area contributed by atoms with Crippen molar-refractivity contribution >= 4 is 10.9 Å². The Morgan fingerprint density at radius 3 is 1.90 bits per heavy atom. The Kier molecular flexibility index (Phi) is 3.58. The highest BCUT2D eigenvalue weighted by Crippen LogP contribution is 2.47. The van der Waals surface area contributed by atoms with Crippen LogP contribution < -0.4 is 4.74 Å². The third-order valence-corrected chi connectivity index (χ3v) is 6.18. The highest BCUT2D eigenvalue weighted by atomic mass is 32.2. The van der Waals surface area contributed by atoms with Crippen LogP contribution in [0.25, 0.3) is 0 Å². The lowest BCUT2D eigenvalue weighted by atomic mass is 10.2. The second-order valence-corrected chi connectivity index (χ2v) is 7.11. The molecule has 0 aromatic heterocycles. The van der Waals surface area contributed by atoms with Crippen LogP contribution >= 0.6 is 0 Å². The summed E-state index contributed by atoms with van der Waals surface area (Å²) in [5.74, 6) is 2.52. The Bertz CT molecular complexity index is 612. The zero-order chi connectivity index (χ0) is 14.1. The average molecular weight is 283 g/mol. The Balaban J connectivity index is 2.22. The molecule has 0 aliphatic carbocycles. The van der Waals surface area contributed by atoms with Gasteiger partial charge in [-0.2, -0.15) is 0 Å². The van der Waals surface area contributed by atoms with E-state index in [-0.39, 0.29) is 10.9 Å². The van der Waals surface area contributed by atoms with Crippen molar-refractivity contribution in [3.63, 3.8) is 0 Å². The maximum absolute atomic E-state index is 6.06. The van der Waals surface area contributed by atoms with Gasteiger partial charge in [0.1, 0.15) is 15.8 Å². The summed E-state index contributed by atoms with van der Waals surface area (Å²) < 4.78 is 6.06. The van der Waals surface area contributed by atoms with Crippen molar-refractivity contribution < 1.29 is 4.74 Å². The summed E-state index contributed by atoms with van der Waals surface area (Å²) in [5, 5.41) is 0. The molecule has 0 atom stereocenters. The molecule has 1 heterocycles. The maximum Gasteiger partial charge on any atom is 0.208 e. The van der Waals surface area contributed by atoms with Crippen molar-refractivity contribution in [2.24, 2.45) is 5.92 Å². The SMILES string of the molecule is C/C=C(\C(C)C)[S+]1c2ccccc2Oc2ccccc21. The van der Waals surface area contributed by atoms with Crippen molar-refractivity contribution in [3.8, 4) is 11.5 Å². The summed E-state index contributed by atoms with van der Waals surface area (Å²) >= 11 is 0. The molecule has 2 aromatic carbocycles. The van der Waals surface area contributed by atoms with Crippen LogP contribution in [0.5, 0.6) is 11.5 Å². The zero-order valence-electron chi connectivity index (χ0n) is 12.1. The monoisotopic (exact) mass is 283 g/mol. The molecular formula is C18H19OS+. The first-order chi connectivity index (χ1) is 9.72. The van der Waals surface area contributed by atoms with E-state index in [2.05, 4.69) is 63.2 Å². The fourth-order valence-corrected chi connectivity index (χ4v) is 5.09. The van der Waals surface area contributed by atoms with Gasteiger partial charge in [-0.3, -0.25) is 0 Å². The number of fused-ring (bicyclic) bond motifs is 2. The standard InChI is InChI=1S/C18H19OS/c1-4-16(13(2)3)20-17-11-7-5-9-14(17)19-15-10-6-8-12-18(15)20/h4-13H,1-3H3/q+1/b16-4+. The van der Waals surface area contributed by atoms with Gasteiger partial charge < -0.3 is 4.74 Å². The van der Waals surface area contributed by atoms with Crippen LogP contribution in [0, 0.1) is 5.92 Å². The minimum atomic E-state index is -0.0263. The van der Waals surface area contributed by atoms with Gasteiger partial charge in [0.15, 0.2) is 11.5 Å². The summed E-state index contributed by atoms with van der Waals surface area (Å²) in [6.07, 6.45) is 2.27. The topological polar surface area (TPSA) is 9.23 Å². The number of hydrogen-bond acceptors (Lipinski definition) is 1. The minimum absolute atomic E-state index is 0.0263. The van der Waals surface area contributed by atoms with E-state index >= 15 is 0 Å². The van der Waals surface area contributed by atoms with E-state index in [1.807, 2.05) is 12.1 Å².